The number of benzene rings is 1. The number of hydroxylamine groups is 1. The normalized spacial score (nSPS) is 17.3. The van der Waals surface area contributed by atoms with Gasteiger partial charge in [-0.05, 0) is 30.2 Å². The van der Waals surface area contributed by atoms with Gasteiger partial charge in [0.05, 0.1) is 20.3 Å². The van der Waals surface area contributed by atoms with Gasteiger partial charge in [0.1, 0.15) is 0 Å². The first-order valence-corrected chi connectivity index (χ1v) is 6.17. The lowest BCUT2D eigenvalue weighted by Crippen LogP contribution is -2.26. The van der Waals surface area contributed by atoms with Gasteiger partial charge in [0.25, 0.3) is 0 Å². The lowest BCUT2D eigenvalue weighted by molar-refractivity contribution is 0.0865. The summed E-state index contributed by atoms with van der Waals surface area (Å²) in [5.41, 5.74) is 5.21. The lowest BCUT2D eigenvalue weighted by Gasteiger charge is -2.19. The highest BCUT2D eigenvalue weighted by Gasteiger charge is 2.25. The summed E-state index contributed by atoms with van der Waals surface area (Å²) in [5.74, 6) is 1.65. The molecule has 1 aromatic carbocycles. The number of fused-ring (bicyclic) bond motifs is 1. The van der Waals surface area contributed by atoms with Crippen LogP contribution in [0.3, 0.4) is 0 Å². The van der Waals surface area contributed by atoms with Crippen molar-refractivity contribution in [1.29, 1.82) is 0 Å². The van der Waals surface area contributed by atoms with Crippen molar-refractivity contribution in [3.63, 3.8) is 0 Å². The second-order valence-corrected chi connectivity index (χ2v) is 5.49. The number of hydrogen-bond donors (Lipinski definition) is 1. The Bertz CT molecular complexity index is 429. The molecule has 4 nitrogen and oxygen atoms in total. The first-order valence-electron chi connectivity index (χ1n) is 6.17. The highest BCUT2D eigenvalue weighted by molar-refractivity contribution is 5.47. The van der Waals surface area contributed by atoms with Crippen LogP contribution < -0.4 is 15.0 Å². The average molecular weight is 251 g/mol. The zero-order chi connectivity index (χ0) is 13.2. The summed E-state index contributed by atoms with van der Waals surface area (Å²) in [7, 11) is 1.61. The summed E-state index contributed by atoms with van der Waals surface area (Å²) < 4.78 is 11.7. The minimum atomic E-state index is 0.0396. The van der Waals surface area contributed by atoms with Crippen LogP contribution in [0.4, 0.5) is 0 Å². The molecule has 4 heteroatoms. The molecule has 0 spiro atoms. The zero-order valence-electron chi connectivity index (χ0n) is 11.5. The first-order chi connectivity index (χ1) is 8.52. The van der Waals surface area contributed by atoms with Crippen molar-refractivity contribution in [2.75, 3.05) is 20.3 Å². The van der Waals surface area contributed by atoms with Gasteiger partial charge in [-0.2, -0.15) is 5.48 Å². The summed E-state index contributed by atoms with van der Waals surface area (Å²) >= 11 is 0. The van der Waals surface area contributed by atoms with Crippen molar-refractivity contribution in [3.05, 3.63) is 23.3 Å². The molecule has 0 aliphatic carbocycles. The Morgan fingerprint density at radius 3 is 2.44 bits per heavy atom. The molecule has 0 fully saturated rings. The van der Waals surface area contributed by atoms with Gasteiger partial charge in [-0.15, -0.1) is 0 Å². The summed E-state index contributed by atoms with van der Waals surface area (Å²) in [5, 5.41) is 0. The fourth-order valence-electron chi connectivity index (χ4n) is 1.86. The molecule has 18 heavy (non-hydrogen) atoms. The third kappa shape index (κ3) is 2.94. The maximum Gasteiger partial charge on any atom is 0.161 e. The lowest BCUT2D eigenvalue weighted by atomic mass is 9.97. The summed E-state index contributed by atoms with van der Waals surface area (Å²) in [6, 6.07) is 4.06. The molecule has 1 aromatic rings. The van der Waals surface area contributed by atoms with E-state index < -0.39 is 0 Å². The number of aryl methyl sites for hydroxylation is 1. The van der Waals surface area contributed by atoms with Gasteiger partial charge >= 0.3 is 0 Å². The molecule has 0 aromatic heterocycles. The molecule has 0 radical (unpaired) electrons. The fraction of sp³-hybridized carbons (Fsp3) is 0.571. The average Bonchev–Trinajstić information content (AvgIpc) is 2.46. The van der Waals surface area contributed by atoms with E-state index >= 15 is 0 Å². The topological polar surface area (TPSA) is 39.7 Å². The van der Waals surface area contributed by atoms with E-state index in [0.29, 0.717) is 19.8 Å². The van der Waals surface area contributed by atoms with Crippen molar-refractivity contribution in [1.82, 2.24) is 5.48 Å². The minimum absolute atomic E-state index is 0.0396. The molecular formula is C14H21NO3. The molecule has 0 amide bonds. The van der Waals surface area contributed by atoms with Gasteiger partial charge in [-0.25, -0.2) is 0 Å². The monoisotopic (exact) mass is 251 g/mol. The highest BCUT2D eigenvalue weighted by atomic mass is 16.6. The highest BCUT2D eigenvalue weighted by Crippen LogP contribution is 2.35. The molecule has 100 valence electrons. The van der Waals surface area contributed by atoms with E-state index in [4.69, 9.17) is 14.3 Å². The third-order valence-electron chi connectivity index (χ3n) is 3.05. The predicted molar refractivity (Wildman–Crippen MR) is 69.8 cm³/mol. The summed E-state index contributed by atoms with van der Waals surface area (Å²) in [6.45, 7) is 8.34. The van der Waals surface area contributed by atoms with Crippen molar-refractivity contribution < 1.29 is 14.3 Å². The number of rotatable bonds is 3. The quantitative estimate of drug-likeness (QED) is 0.838. The Balaban J connectivity index is 2.24. The van der Waals surface area contributed by atoms with E-state index in [9.17, 15) is 0 Å². The second-order valence-electron chi connectivity index (χ2n) is 5.49. The van der Waals surface area contributed by atoms with E-state index in [1.165, 1.54) is 5.56 Å². The van der Waals surface area contributed by atoms with Crippen LogP contribution in [0, 0.1) is 12.3 Å². The molecule has 0 bridgehead atoms. The Labute approximate surface area is 108 Å². The minimum Gasteiger partial charge on any atom is -0.489 e. The number of nitrogens with one attached hydrogen (secondary N) is 1. The van der Waals surface area contributed by atoms with Crippen LogP contribution >= 0.6 is 0 Å². The first kappa shape index (κ1) is 13.2. The zero-order valence-corrected chi connectivity index (χ0v) is 11.5. The van der Waals surface area contributed by atoms with Crippen molar-refractivity contribution in [2.24, 2.45) is 5.41 Å². The molecule has 1 N–H and O–H groups in total. The fourth-order valence-corrected chi connectivity index (χ4v) is 1.86. The molecule has 1 aliphatic heterocycles. The van der Waals surface area contributed by atoms with Crippen LogP contribution in [0.15, 0.2) is 12.1 Å². The van der Waals surface area contributed by atoms with E-state index in [1.54, 1.807) is 7.11 Å². The molecule has 0 unspecified atom stereocenters. The smallest absolute Gasteiger partial charge is 0.161 e. The van der Waals surface area contributed by atoms with E-state index in [-0.39, 0.29) is 5.41 Å². The molecule has 2 rings (SSSR count). The maximum atomic E-state index is 5.85. The van der Waals surface area contributed by atoms with Crippen molar-refractivity contribution in [2.45, 2.75) is 27.3 Å². The predicted octanol–water partition coefficient (Wildman–Crippen LogP) is 2.44. The van der Waals surface area contributed by atoms with E-state index in [1.807, 2.05) is 12.1 Å². The Morgan fingerprint density at radius 1 is 1.22 bits per heavy atom. The molecule has 1 aliphatic rings. The molecule has 1 heterocycles. The Hall–Kier alpha value is -1.26. The van der Waals surface area contributed by atoms with Gasteiger partial charge < -0.3 is 14.3 Å². The maximum absolute atomic E-state index is 5.85. The molecule has 0 atom stereocenters. The van der Waals surface area contributed by atoms with Gasteiger partial charge in [-0.1, -0.05) is 13.8 Å². The third-order valence-corrected chi connectivity index (χ3v) is 3.05. The Kier molecular flexibility index (Phi) is 3.78. The van der Waals surface area contributed by atoms with Crippen LogP contribution in [-0.2, 0) is 11.4 Å². The van der Waals surface area contributed by atoms with E-state index in [0.717, 1.165) is 17.1 Å². The molecule has 0 saturated heterocycles. The van der Waals surface area contributed by atoms with Crippen LogP contribution in [0.5, 0.6) is 11.5 Å². The van der Waals surface area contributed by atoms with Crippen LogP contribution in [0.1, 0.15) is 25.0 Å². The van der Waals surface area contributed by atoms with Gasteiger partial charge in [0, 0.05) is 12.0 Å². The number of hydrogen-bond acceptors (Lipinski definition) is 4. The van der Waals surface area contributed by atoms with Gasteiger partial charge in [0.15, 0.2) is 11.5 Å². The van der Waals surface area contributed by atoms with Gasteiger partial charge in [-0.3, -0.25) is 0 Å². The Morgan fingerprint density at radius 2 is 1.83 bits per heavy atom. The van der Waals surface area contributed by atoms with E-state index in [2.05, 4.69) is 26.3 Å². The van der Waals surface area contributed by atoms with Gasteiger partial charge in [0.2, 0.25) is 0 Å². The second kappa shape index (κ2) is 5.16. The molecular weight excluding hydrogens is 230 g/mol. The standard InChI is InChI=1S/C14H21NO3/c1-10-5-12-13(6-11(10)7-15-16-4)18-9-14(2,3)8-17-12/h5-6,15H,7-9H2,1-4H3. The SMILES string of the molecule is CONCc1cc2c(cc1C)OCC(C)(C)CO2. The summed E-state index contributed by atoms with van der Waals surface area (Å²) in [4.78, 5) is 4.88. The van der Waals surface area contributed by atoms with Crippen LogP contribution in [0.25, 0.3) is 0 Å². The van der Waals surface area contributed by atoms with Crippen LogP contribution in [-0.4, -0.2) is 20.3 Å². The summed E-state index contributed by atoms with van der Waals surface area (Å²) in [6.07, 6.45) is 0. The molecule has 0 saturated carbocycles. The largest absolute Gasteiger partial charge is 0.489 e. The van der Waals surface area contributed by atoms with Crippen LogP contribution in [0.2, 0.25) is 0 Å². The van der Waals surface area contributed by atoms with Crippen molar-refractivity contribution >= 4 is 0 Å². The van der Waals surface area contributed by atoms with Crippen molar-refractivity contribution in [3.8, 4) is 11.5 Å². The number of ether oxygens (including phenoxy) is 2.